The molecule has 0 fully saturated rings. The molecule has 134 valence electrons. The van der Waals surface area contributed by atoms with Crippen LogP contribution in [0, 0.1) is 0 Å². The van der Waals surface area contributed by atoms with Gasteiger partial charge in [-0.3, -0.25) is 4.98 Å². The summed E-state index contributed by atoms with van der Waals surface area (Å²) >= 11 is 0. The molecule has 0 bridgehead atoms. The summed E-state index contributed by atoms with van der Waals surface area (Å²) in [5.74, 6) is 0.305. The van der Waals surface area contributed by atoms with Crippen LogP contribution < -0.4 is 5.19 Å². The van der Waals surface area contributed by atoms with Gasteiger partial charge in [-0.05, 0) is 23.1 Å². The van der Waals surface area contributed by atoms with E-state index in [0.717, 1.165) is 6.04 Å². The highest BCUT2D eigenvalue weighted by Crippen LogP contribution is 2.35. The van der Waals surface area contributed by atoms with Crippen molar-refractivity contribution < 1.29 is 0 Å². The number of hydrogen-bond acceptors (Lipinski definition) is 1. The van der Waals surface area contributed by atoms with Crippen molar-refractivity contribution in [1.82, 2.24) is 4.98 Å². The third kappa shape index (κ3) is 3.72. The van der Waals surface area contributed by atoms with Crippen LogP contribution in [0.15, 0.2) is 97.2 Å². The van der Waals surface area contributed by atoms with Crippen molar-refractivity contribution in [3.05, 3.63) is 108 Å². The third-order valence-electron chi connectivity index (χ3n) is 5.51. The van der Waals surface area contributed by atoms with Crippen LogP contribution in [0.3, 0.4) is 0 Å². The van der Waals surface area contributed by atoms with Gasteiger partial charge in [0.1, 0.15) is 0 Å². The minimum atomic E-state index is -1.64. The number of nitrogens with zero attached hydrogens (tertiary/aromatic N) is 1. The van der Waals surface area contributed by atoms with Gasteiger partial charge in [-0.25, -0.2) is 0 Å². The van der Waals surface area contributed by atoms with Gasteiger partial charge in [0, 0.05) is 17.5 Å². The van der Waals surface area contributed by atoms with E-state index in [9.17, 15) is 0 Å². The molecule has 2 heteroatoms. The van der Waals surface area contributed by atoms with E-state index in [4.69, 9.17) is 4.98 Å². The van der Waals surface area contributed by atoms with Gasteiger partial charge in [0.05, 0.1) is 13.8 Å². The topological polar surface area (TPSA) is 12.9 Å². The molecule has 27 heavy (non-hydrogen) atoms. The molecule has 1 heterocycles. The van der Waals surface area contributed by atoms with Gasteiger partial charge in [-0.1, -0.05) is 103 Å². The van der Waals surface area contributed by atoms with E-state index in [1.54, 1.807) is 0 Å². The maximum atomic E-state index is 4.88. The Morgan fingerprint density at radius 1 is 0.741 bits per heavy atom. The lowest BCUT2D eigenvalue weighted by Crippen LogP contribution is -2.42. The molecule has 0 amide bonds. The number of fused-ring (bicyclic) bond motifs is 1. The minimum absolute atomic E-state index is 0.305. The number of hydrogen-bond donors (Lipinski definition) is 0. The van der Waals surface area contributed by atoms with Crippen molar-refractivity contribution in [2.75, 3.05) is 0 Å². The second kappa shape index (κ2) is 7.49. The summed E-state index contributed by atoms with van der Waals surface area (Å²) in [6.45, 7) is 4.95. The Balaban J connectivity index is 1.83. The molecule has 0 spiro atoms. The van der Waals surface area contributed by atoms with E-state index < -0.39 is 8.07 Å². The Kier molecular flexibility index (Phi) is 4.91. The van der Waals surface area contributed by atoms with Crippen LogP contribution in [0.1, 0.15) is 17.2 Å². The Morgan fingerprint density at radius 2 is 1.37 bits per heavy atom. The molecule has 0 saturated heterocycles. The fourth-order valence-electron chi connectivity index (χ4n) is 4.00. The summed E-state index contributed by atoms with van der Waals surface area (Å²) in [5.41, 5.74) is 2.56. The predicted molar refractivity (Wildman–Crippen MR) is 118 cm³/mol. The first-order chi connectivity index (χ1) is 13.1. The number of aromatic nitrogens is 1. The SMILES string of the molecule is C[Si](C)(CC(c1ccccc1)c1nccc2ccccc12)c1ccccc1. The zero-order chi connectivity index (χ0) is 18.7. The molecule has 3 aromatic carbocycles. The van der Waals surface area contributed by atoms with Crippen molar-refractivity contribution in [3.63, 3.8) is 0 Å². The van der Waals surface area contributed by atoms with Gasteiger partial charge in [-0.2, -0.15) is 0 Å². The molecule has 0 aliphatic carbocycles. The Bertz CT molecular complexity index is 1020. The molecule has 4 rings (SSSR count). The standard InChI is InChI=1S/C25H25NSi/c1-27(2,22-14-7-4-8-15-22)19-24(20-11-5-3-6-12-20)25-23-16-10-9-13-21(23)17-18-26-25/h3-18,24H,19H2,1-2H3. The molecular weight excluding hydrogens is 342 g/mol. The molecule has 4 aromatic rings. The van der Waals surface area contributed by atoms with Crippen molar-refractivity contribution >= 4 is 24.0 Å². The van der Waals surface area contributed by atoms with E-state index in [2.05, 4.69) is 104 Å². The zero-order valence-corrected chi connectivity index (χ0v) is 17.0. The first-order valence-corrected chi connectivity index (χ1v) is 12.8. The van der Waals surface area contributed by atoms with Crippen LogP contribution in [0.25, 0.3) is 10.8 Å². The van der Waals surface area contributed by atoms with Crippen molar-refractivity contribution in [1.29, 1.82) is 0 Å². The molecule has 0 aliphatic heterocycles. The molecule has 0 N–H and O–H groups in total. The first kappa shape index (κ1) is 17.7. The number of pyridine rings is 1. The van der Waals surface area contributed by atoms with Crippen LogP contribution in [0.4, 0.5) is 0 Å². The molecular formula is C25H25NSi. The van der Waals surface area contributed by atoms with Gasteiger partial charge in [0.25, 0.3) is 0 Å². The average Bonchev–Trinajstić information content (AvgIpc) is 2.73. The van der Waals surface area contributed by atoms with Gasteiger partial charge in [-0.15, -0.1) is 0 Å². The summed E-state index contributed by atoms with van der Waals surface area (Å²) in [4.78, 5) is 4.88. The van der Waals surface area contributed by atoms with E-state index in [1.807, 2.05) is 6.20 Å². The molecule has 0 aliphatic rings. The largest absolute Gasteiger partial charge is 0.260 e. The van der Waals surface area contributed by atoms with Crippen LogP contribution >= 0.6 is 0 Å². The second-order valence-corrected chi connectivity index (χ2v) is 12.6. The Morgan fingerprint density at radius 3 is 2.11 bits per heavy atom. The molecule has 0 saturated carbocycles. The van der Waals surface area contributed by atoms with Crippen molar-refractivity contribution in [3.8, 4) is 0 Å². The second-order valence-electron chi connectivity index (χ2n) is 7.83. The molecule has 1 atom stereocenters. The maximum absolute atomic E-state index is 4.88. The van der Waals surface area contributed by atoms with Gasteiger partial charge in [0.15, 0.2) is 0 Å². The highest BCUT2D eigenvalue weighted by Gasteiger charge is 2.30. The van der Waals surface area contributed by atoms with Gasteiger partial charge in [0.2, 0.25) is 0 Å². The van der Waals surface area contributed by atoms with Gasteiger partial charge < -0.3 is 0 Å². The molecule has 1 unspecified atom stereocenters. The smallest absolute Gasteiger partial charge is 0.0816 e. The lowest BCUT2D eigenvalue weighted by molar-refractivity contribution is 0.867. The zero-order valence-electron chi connectivity index (χ0n) is 16.0. The van der Waals surface area contributed by atoms with E-state index >= 15 is 0 Å². The van der Waals surface area contributed by atoms with Crippen LogP contribution in [0.2, 0.25) is 19.1 Å². The van der Waals surface area contributed by atoms with Crippen LogP contribution in [0.5, 0.6) is 0 Å². The molecule has 1 nitrogen and oxygen atoms in total. The summed E-state index contributed by atoms with van der Waals surface area (Å²) < 4.78 is 0. The quantitative estimate of drug-likeness (QED) is 0.395. The average molecular weight is 368 g/mol. The fourth-order valence-corrected chi connectivity index (χ4v) is 6.78. The first-order valence-electron chi connectivity index (χ1n) is 9.59. The Labute approximate surface area is 162 Å². The van der Waals surface area contributed by atoms with Crippen molar-refractivity contribution in [2.45, 2.75) is 25.1 Å². The molecule has 0 radical (unpaired) electrons. The highest BCUT2D eigenvalue weighted by atomic mass is 28.3. The lowest BCUT2D eigenvalue weighted by Gasteiger charge is -2.29. The normalized spacial score (nSPS) is 12.8. The summed E-state index contributed by atoms with van der Waals surface area (Å²) in [5, 5.41) is 4.04. The maximum Gasteiger partial charge on any atom is 0.0816 e. The lowest BCUT2D eigenvalue weighted by atomic mass is 9.93. The number of rotatable bonds is 5. The van der Waals surface area contributed by atoms with E-state index in [1.165, 1.54) is 27.2 Å². The van der Waals surface area contributed by atoms with Crippen LogP contribution in [-0.2, 0) is 0 Å². The summed E-state index contributed by atoms with van der Waals surface area (Å²) in [6.07, 6.45) is 1.96. The minimum Gasteiger partial charge on any atom is -0.260 e. The fraction of sp³-hybridized carbons (Fsp3) is 0.160. The number of benzene rings is 3. The summed E-state index contributed by atoms with van der Waals surface area (Å²) in [7, 11) is -1.64. The predicted octanol–water partition coefficient (Wildman–Crippen LogP) is 5.98. The van der Waals surface area contributed by atoms with Crippen LogP contribution in [-0.4, -0.2) is 13.1 Å². The van der Waals surface area contributed by atoms with Gasteiger partial charge >= 0.3 is 0 Å². The monoisotopic (exact) mass is 367 g/mol. The van der Waals surface area contributed by atoms with Crippen molar-refractivity contribution in [2.24, 2.45) is 0 Å². The summed E-state index contributed by atoms with van der Waals surface area (Å²) in [6, 6.07) is 33.8. The third-order valence-corrected chi connectivity index (χ3v) is 8.83. The van der Waals surface area contributed by atoms with E-state index in [0.29, 0.717) is 5.92 Å². The van der Waals surface area contributed by atoms with E-state index in [-0.39, 0.29) is 0 Å². The Hall–Kier alpha value is -2.71. The molecule has 1 aromatic heterocycles. The highest BCUT2D eigenvalue weighted by molar-refractivity contribution is 6.89.